The molecule has 0 saturated heterocycles. The van der Waals surface area contributed by atoms with Crippen LogP contribution in [0.2, 0.25) is 0 Å². The highest BCUT2D eigenvalue weighted by Gasteiger charge is 2.16. The maximum absolute atomic E-state index is 11.3. The van der Waals surface area contributed by atoms with E-state index in [9.17, 15) is 14.3 Å². The summed E-state index contributed by atoms with van der Waals surface area (Å²) < 4.78 is 11.3. The number of benzene rings is 1. The minimum Gasteiger partial charge on any atom is -0.307 e. The molecule has 5 nitrogen and oxygen atoms in total. The zero-order valence-electron chi connectivity index (χ0n) is 12.2. The van der Waals surface area contributed by atoms with E-state index in [1.165, 1.54) is 6.07 Å². The first-order valence-electron chi connectivity index (χ1n) is 6.74. The molecule has 0 aliphatic rings. The molecule has 1 N–H and O–H groups in total. The fourth-order valence-electron chi connectivity index (χ4n) is 2.23. The summed E-state index contributed by atoms with van der Waals surface area (Å²) in [5.41, 5.74) is 1.02. The lowest BCUT2D eigenvalue weighted by molar-refractivity contribution is -0.384. The Labute approximate surface area is 122 Å². The van der Waals surface area contributed by atoms with Gasteiger partial charge in [-0.05, 0) is 18.9 Å². The molecular formula is C14H22N2O3S. The van der Waals surface area contributed by atoms with Crippen LogP contribution >= 0.6 is 0 Å². The van der Waals surface area contributed by atoms with Gasteiger partial charge in [0.15, 0.2) is 0 Å². The van der Waals surface area contributed by atoms with Crippen LogP contribution in [0.1, 0.15) is 38.3 Å². The molecule has 20 heavy (non-hydrogen) atoms. The second kappa shape index (κ2) is 8.11. The van der Waals surface area contributed by atoms with Gasteiger partial charge in [-0.25, -0.2) is 0 Å². The van der Waals surface area contributed by atoms with E-state index in [1.54, 1.807) is 18.4 Å². The molecule has 0 aliphatic carbocycles. The Morgan fingerprint density at radius 2 is 2.15 bits per heavy atom. The summed E-state index contributed by atoms with van der Waals surface area (Å²) in [5, 5.41) is 14.3. The summed E-state index contributed by atoms with van der Waals surface area (Å²) in [6.45, 7) is 4.07. The van der Waals surface area contributed by atoms with Crippen molar-refractivity contribution >= 4 is 16.5 Å². The zero-order chi connectivity index (χ0) is 15.1. The first-order valence-corrected chi connectivity index (χ1v) is 8.47. The van der Waals surface area contributed by atoms with Gasteiger partial charge in [0.25, 0.3) is 5.69 Å². The maximum atomic E-state index is 11.3. The van der Waals surface area contributed by atoms with E-state index < -0.39 is 10.8 Å². The fourth-order valence-corrected chi connectivity index (χ4v) is 3.03. The Balaban J connectivity index is 2.87. The molecule has 0 heterocycles. The topological polar surface area (TPSA) is 72.2 Å². The van der Waals surface area contributed by atoms with Gasteiger partial charge in [0, 0.05) is 47.0 Å². The van der Waals surface area contributed by atoms with Crippen molar-refractivity contribution in [2.75, 3.05) is 12.0 Å². The number of nitrogens with zero attached hydrogens (tertiary/aromatic N) is 1. The molecule has 0 spiro atoms. The Kier molecular flexibility index (Phi) is 6.81. The third kappa shape index (κ3) is 5.38. The van der Waals surface area contributed by atoms with Gasteiger partial charge >= 0.3 is 0 Å². The van der Waals surface area contributed by atoms with Crippen LogP contribution in [0.15, 0.2) is 24.3 Å². The van der Waals surface area contributed by atoms with Crippen LogP contribution in [0.3, 0.4) is 0 Å². The third-order valence-electron chi connectivity index (χ3n) is 3.03. The summed E-state index contributed by atoms with van der Waals surface area (Å²) >= 11 is 0. The Bertz CT molecular complexity index is 479. The smallest absolute Gasteiger partial charge is 0.269 e. The van der Waals surface area contributed by atoms with E-state index in [0.29, 0.717) is 5.75 Å². The minimum atomic E-state index is -0.855. The van der Waals surface area contributed by atoms with Crippen molar-refractivity contribution < 1.29 is 9.13 Å². The van der Waals surface area contributed by atoms with Crippen LogP contribution in [-0.4, -0.2) is 27.2 Å². The van der Waals surface area contributed by atoms with Gasteiger partial charge in [-0.3, -0.25) is 14.3 Å². The quantitative estimate of drug-likeness (QED) is 0.591. The maximum Gasteiger partial charge on any atom is 0.269 e. The average Bonchev–Trinajstić information content (AvgIpc) is 2.37. The number of nitrogens with one attached hydrogen (secondary N) is 1. The zero-order valence-corrected chi connectivity index (χ0v) is 13.0. The number of hydrogen-bond acceptors (Lipinski definition) is 4. The van der Waals surface area contributed by atoms with E-state index >= 15 is 0 Å². The van der Waals surface area contributed by atoms with Gasteiger partial charge in [-0.1, -0.05) is 25.5 Å². The minimum absolute atomic E-state index is 0.0541. The molecule has 1 rings (SSSR count). The van der Waals surface area contributed by atoms with E-state index in [-0.39, 0.29) is 22.7 Å². The molecule has 1 aromatic rings. The standard InChI is InChI=1S/C14H22N2O3S/c1-4-6-14(15-11(2)10-20(3)19)12-7-5-8-13(9-12)16(17)18/h5,7-9,11,14-15H,4,6,10H2,1-3H3. The average molecular weight is 298 g/mol. The van der Waals surface area contributed by atoms with Crippen molar-refractivity contribution in [1.29, 1.82) is 0 Å². The van der Waals surface area contributed by atoms with Gasteiger partial charge in [-0.2, -0.15) is 0 Å². The highest BCUT2D eigenvalue weighted by Crippen LogP contribution is 2.23. The van der Waals surface area contributed by atoms with Gasteiger partial charge in [-0.15, -0.1) is 0 Å². The normalized spacial score (nSPS) is 15.6. The molecule has 0 amide bonds. The van der Waals surface area contributed by atoms with Crippen molar-refractivity contribution in [3.05, 3.63) is 39.9 Å². The Morgan fingerprint density at radius 3 is 2.70 bits per heavy atom. The Morgan fingerprint density at radius 1 is 1.45 bits per heavy atom. The van der Waals surface area contributed by atoms with E-state index in [2.05, 4.69) is 12.2 Å². The van der Waals surface area contributed by atoms with Gasteiger partial charge in [0.2, 0.25) is 0 Å². The SMILES string of the molecule is CCCC(NC(C)CS(C)=O)c1cccc([N+](=O)[O-])c1. The lowest BCUT2D eigenvalue weighted by atomic mass is 10.0. The first-order chi connectivity index (χ1) is 9.43. The van der Waals surface area contributed by atoms with E-state index in [0.717, 1.165) is 18.4 Å². The summed E-state index contributed by atoms with van der Waals surface area (Å²) in [4.78, 5) is 10.5. The molecule has 0 aliphatic heterocycles. The number of nitro benzene ring substituents is 1. The van der Waals surface area contributed by atoms with Crippen molar-refractivity contribution in [3.63, 3.8) is 0 Å². The predicted molar refractivity (Wildman–Crippen MR) is 82.3 cm³/mol. The van der Waals surface area contributed by atoms with E-state index in [4.69, 9.17) is 0 Å². The fraction of sp³-hybridized carbons (Fsp3) is 0.571. The van der Waals surface area contributed by atoms with Gasteiger partial charge < -0.3 is 5.32 Å². The highest BCUT2D eigenvalue weighted by atomic mass is 32.2. The first kappa shape index (κ1) is 16.8. The molecule has 0 aromatic heterocycles. The summed E-state index contributed by atoms with van der Waals surface area (Å²) in [6, 6.07) is 6.88. The molecule has 3 atom stereocenters. The monoisotopic (exact) mass is 298 g/mol. The van der Waals surface area contributed by atoms with Crippen LogP contribution in [0.5, 0.6) is 0 Å². The predicted octanol–water partition coefficient (Wildman–Crippen LogP) is 2.79. The Hall–Kier alpha value is -1.27. The summed E-state index contributed by atoms with van der Waals surface area (Å²) in [6.07, 6.45) is 3.55. The second-order valence-corrected chi connectivity index (χ2v) is 6.48. The largest absolute Gasteiger partial charge is 0.307 e. The lowest BCUT2D eigenvalue weighted by Gasteiger charge is -2.23. The molecule has 112 valence electrons. The molecule has 6 heteroatoms. The summed E-state index contributed by atoms with van der Waals surface area (Å²) in [7, 11) is -0.855. The summed E-state index contributed by atoms with van der Waals surface area (Å²) in [5.74, 6) is 0.579. The van der Waals surface area contributed by atoms with Gasteiger partial charge in [0.05, 0.1) is 4.92 Å². The molecule has 0 saturated carbocycles. The van der Waals surface area contributed by atoms with Crippen molar-refractivity contribution in [2.45, 2.75) is 38.8 Å². The second-order valence-electron chi connectivity index (χ2n) is 5.00. The molecule has 3 unspecified atom stereocenters. The molecule has 0 bridgehead atoms. The van der Waals surface area contributed by atoms with Crippen LogP contribution < -0.4 is 5.32 Å². The van der Waals surface area contributed by atoms with Crippen molar-refractivity contribution in [1.82, 2.24) is 5.32 Å². The molecule has 1 aromatic carbocycles. The van der Waals surface area contributed by atoms with Crippen LogP contribution in [0.4, 0.5) is 5.69 Å². The van der Waals surface area contributed by atoms with Crippen LogP contribution in [0, 0.1) is 10.1 Å². The number of rotatable bonds is 8. The third-order valence-corrected chi connectivity index (χ3v) is 4.00. The lowest BCUT2D eigenvalue weighted by Crippen LogP contribution is -2.34. The van der Waals surface area contributed by atoms with Crippen LogP contribution in [-0.2, 0) is 10.8 Å². The number of nitro groups is 1. The number of non-ortho nitro benzene ring substituents is 1. The van der Waals surface area contributed by atoms with Gasteiger partial charge in [0.1, 0.15) is 0 Å². The van der Waals surface area contributed by atoms with Crippen molar-refractivity contribution in [2.24, 2.45) is 0 Å². The van der Waals surface area contributed by atoms with Crippen molar-refractivity contribution in [3.8, 4) is 0 Å². The van der Waals surface area contributed by atoms with E-state index in [1.807, 2.05) is 13.0 Å². The molecular weight excluding hydrogens is 276 g/mol. The number of hydrogen-bond donors (Lipinski definition) is 1. The molecule has 0 radical (unpaired) electrons. The van der Waals surface area contributed by atoms with Crippen LogP contribution in [0.25, 0.3) is 0 Å². The molecule has 0 fully saturated rings. The highest BCUT2D eigenvalue weighted by molar-refractivity contribution is 7.84.